The molecule has 2 heterocycles. The van der Waals surface area contributed by atoms with Crippen LogP contribution in [0.1, 0.15) is 23.0 Å². The summed E-state index contributed by atoms with van der Waals surface area (Å²) in [5.41, 5.74) is 2.13. The topological polar surface area (TPSA) is 67.8 Å². The Labute approximate surface area is 119 Å². The van der Waals surface area contributed by atoms with Crippen LogP contribution >= 0.6 is 11.3 Å². The SMILES string of the molecule is CC(=O)c1nc(Nc2nc3ccccc3s2)ncc1C. The van der Waals surface area contributed by atoms with E-state index in [1.165, 1.54) is 18.3 Å². The summed E-state index contributed by atoms with van der Waals surface area (Å²) in [5.74, 6) is 0.317. The Bertz CT molecular complexity index is 764. The molecule has 0 unspecified atom stereocenters. The molecule has 100 valence electrons. The molecule has 0 saturated heterocycles. The summed E-state index contributed by atoms with van der Waals surface area (Å²) in [6, 6.07) is 7.88. The number of Topliss-reactive ketones (excluding diaryl/α,β-unsaturated/α-hetero) is 1. The quantitative estimate of drug-likeness (QED) is 0.747. The molecule has 3 aromatic rings. The highest BCUT2D eigenvalue weighted by Gasteiger charge is 2.10. The standard InChI is InChI=1S/C14H12N4OS/c1-8-7-15-13(17-12(8)9(2)19)18-14-16-10-5-3-4-6-11(10)20-14/h3-7H,1-2H3,(H,15,16,17,18). The molecule has 1 aromatic carbocycles. The van der Waals surface area contributed by atoms with Crippen LogP contribution in [-0.2, 0) is 0 Å². The Hall–Kier alpha value is -2.34. The summed E-state index contributed by atoms with van der Waals surface area (Å²) in [7, 11) is 0. The highest BCUT2D eigenvalue weighted by atomic mass is 32.1. The van der Waals surface area contributed by atoms with Gasteiger partial charge in [0.15, 0.2) is 10.9 Å². The van der Waals surface area contributed by atoms with E-state index in [0.717, 1.165) is 15.8 Å². The van der Waals surface area contributed by atoms with Crippen LogP contribution in [0.2, 0.25) is 0 Å². The second kappa shape index (κ2) is 4.97. The fourth-order valence-electron chi connectivity index (χ4n) is 1.88. The van der Waals surface area contributed by atoms with Crippen LogP contribution in [0.4, 0.5) is 11.1 Å². The van der Waals surface area contributed by atoms with E-state index in [-0.39, 0.29) is 5.78 Å². The molecular weight excluding hydrogens is 272 g/mol. The molecule has 0 aliphatic carbocycles. The first-order chi connectivity index (χ1) is 9.63. The van der Waals surface area contributed by atoms with E-state index in [2.05, 4.69) is 20.3 Å². The van der Waals surface area contributed by atoms with Gasteiger partial charge in [0, 0.05) is 13.1 Å². The Morgan fingerprint density at radius 2 is 2.05 bits per heavy atom. The molecule has 0 radical (unpaired) electrons. The summed E-state index contributed by atoms with van der Waals surface area (Å²) < 4.78 is 1.09. The summed E-state index contributed by atoms with van der Waals surface area (Å²) in [6.45, 7) is 3.31. The summed E-state index contributed by atoms with van der Waals surface area (Å²) in [4.78, 5) is 24.3. The molecule has 6 heteroatoms. The highest BCUT2D eigenvalue weighted by Crippen LogP contribution is 2.27. The molecule has 0 saturated carbocycles. The second-order valence-electron chi connectivity index (χ2n) is 4.39. The van der Waals surface area contributed by atoms with Gasteiger partial charge in [-0.3, -0.25) is 10.1 Å². The van der Waals surface area contributed by atoms with Crippen molar-refractivity contribution in [1.29, 1.82) is 0 Å². The number of nitrogens with one attached hydrogen (secondary N) is 1. The van der Waals surface area contributed by atoms with E-state index in [4.69, 9.17) is 0 Å². The number of nitrogens with zero attached hydrogens (tertiary/aromatic N) is 3. The van der Waals surface area contributed by atoms with Crippen molar-refractivity contribution in [3.63, 3.8) is 0 Å². The monoisotopic (exact) mass is 284 g/mol. The molecule has 20 heavy (non-hydrogen) atoms. The van der Waals surface area contributed by atoms with Crippen molar-refractivity contribution >= 4 is 38.4 Å². The van der Waals surface area contributed by atoms with Crippen molar-refractivity contribution in [3.05, 3.63) is 41.7 Å². The zero-order valence-corrected chi connectivity index (χ0v) is 11.9. The number of benzene rings is 1. The third-order valence-corrected chi connectivity index (χ3v) is 3.77. The lowest BCUT2D eigenvalue weighted by atomic mass is 10.2. The Kier molecular flexibility index (Phi) is 3.15. The van der Waals surface area contributed by atoms with E-state index in [9.17, 15) is 4.79 Å². The molecule has 5 nitrogen and oxygen atoms in total. The van der Waals surface area contributed by atoms with E-state index < -0.39 is 0 Å². The second-order valence-corrected chi connectivity index (χ2v) is 5.42. The van der Waals surface area contributed by atoms with Gasteiger partial charge >= 0.3 is 0 Å². The first-order valence-electron chi connectivity index (χ1n) is 6.10. The van der Waals surface area contributed by atoms with Crippen LogP contribution < -0.4 is 5.32 Å². The number of carbonyl (C=O) groups is 1. The predicted octanol–water partition coefficient (Wildman–Crippen LogP) is 3.34. The van der Waals surface area contributed by atoms with Crippen molar-refractivity contribution in [3.8, 4) is 0 Å². The third kappa shape index (κ3) is 2.37. The molecule has 0 bridgehead atoms. The van der Waals surface area contributed by atoms with Crippen molar-refractivity contribution in [2.24, 2.45) is 0 Å². The predicted molar refractivity (Wildman–Crippen MR) is 79.7 cm³/mol. The summed E-state index contributed by atoms with van der Waals surface area (Å²) in [5, 5.41) is 3.76. The number of hydrogen-bond acceptors (Lipinski definition) is 6. The van der Waals surface area contributed by atoms with Crippen LogP contribution in [0.3, 0.4) is 0 Å². The average molecular weight is 284 g/mol. The van der Waals surface area contributed by atoms with Crippen LogP contribution in [0.25, 0.3) is 10.2 Å². The number of thiazole rings is 1. The Balaban J connectivity index is 1.94. The van der Waals surface area contributed by atoms with E-state index in [1.807, 2.05) is 31.2 Å². The van der Waals surface area contributed by atoms with Gasteiger partial charge in [-0.15, -0.1) is 0 Å². The number of hydrogen-bond donors (Lipinski definition) is 1. The van der Waals surface area contributed by atoms with Crippen LogP contribution in [0, 0.1) is 6.92 Å². The number of rotatable bonds is 3. The van der Waals surface area contributed by atoms with Gasteiger partial charge in [0.05, 0.1) is 10.2 Å². The zero-order chi connectivity index (χ0) is 14.1. The molecule has 3 rings (SSSR count). The van der Waals surface area contributed by atoms with Gasteiger partial charge in [-0.2, -0.15) is 0 Å². The maximum absolute atomic E-state index is 11.5. The maximum Gasteiger partial charge on any atom is 0.229 e. The molecule has 0 amide bonds. The van der Waals surface area contributed by atoms with E-state index in [0.29, 0.717) is 16.8 Å². The molecule has 2 aromatic heterocycles. The van der Waals surface area contributed by atoms with Gasteiger partial charge in [0.25, 0.3) is 0 Å². The van der Waals surface area contributed by atoms with Crippen LogP contribution in [0.5, 0.6) is 0 Å². The first-order valence-corrected chi connectivity index (χ1v) is 6.92. The lowest BCUT2D eigenvalue weighted by molar-refractivity contribution is 0.101. The minimum atomic E-state index is -0.0720. The molecular formula is C14H12N4OS. The minimum Gasteiger partial charge on any atom is -0.300 e. The fraction of sp³-hybridized carbons (Fsp3) is 0.143. The van der Waals surface area contributed by atoms with Crippen molar-refractivity contribution in [2.45, 2.75) is 13.8 Å². The number of anilines is 2. The van der Waals surface area contributed by atoms with Gasteiger partial charge in [-0.1, -0.05) is 23.5 Å². The van der Waals surface area contributed by atoms with Gasteiger partial charge < -0.3 is 0 Å². The third-order valence-electron chi connectivity index (χ3n) is 2.82. The van der Waals surface area contributed by atoms with Crippen molar-refractivity contribution in [1.82, 2.24) is 15.0 Å². The molecule has 0 atom stereocenters. The molecule has 0 fully saturated rings. The van der Waals surface area contributed by atoms with Gasteiger partial charge in [-0.05, 0) is 24.6 Å². The van der Waals surface area contributed by atoms with Gasteiger partial charge in [0.1, 0.15) is 5.69 Å². The first kappa shape index (κ1) is 12.7. The average Bonchev–Trinajstić information content (AvgIpc) is 2.82. The number of aryl methyl sites for hydroxylation is 1. The number of fused-ring (bicyclic) bond motifs is 1. The van der Waals surface area contributed by atoms with Crippen LogP contribution in [0.15, 0.2) is 30.5 Å². The number of para-hydroxylation sites is 1. The van der Waals surface area contributed by atoms with E-state index in [1.54, 1.807) is 6.20 Å². The lowest BCUT2D eigenvalue weighted by Crippen LogP contribution is -2.05. The molecule has 0 spiro atoms. The van der Waals surface area contributed by atoms with Crippen molar-refractivity contribution in [2.75, 3.05) is 5.32 Å². The summed E-state index contributed by atoms with van der Waals surface area (Å²) in [6.07, 6.45) is 1.64. The number of carbonyl (C=O) groups excluding carboxylic acids is 1. The molecule has 1 N–H and O–H groups in total. The van der Waals surface area contributed by atoms with Gasteiger partial charge in [-0.25, -0.2) is 15.0 Å². The smallest absolute Gasteiger partial charge is 0.229 e. The number of aromatic nitrogens is 3. The normalized spacial score (nSPS) is 10.7. The van der Waals surface area contributed by atoms with Crippen LogP contribution in [-0.4, -0.2) is 20.7 Å². The van der Waals surface area contributed by atoms with E-state index >= 15 is 0 Å². The summed E-state index contributed by atoms with van der Waals surface area (Å²) >= 11 is 1.52. The zero-order valence-electron chi connectivity index (χ0n) is 11.0. The van der Waals surface area contributed by atoms with Crippen molar-refractivity contribution < 1.29 is 4.79 Å². The van der Waals surface area contributed by atoms with Gasteiger partial charge in [0.2, 0.25) is 5.95 Å². The minimum absolute atomic E-state index is 0.0720. The highest BCUT2D eigenvalue weighted by molar-refractivity contribution is 7.22. The largest absolute Gasteiger partial charge is 0.300 e. The lowest BCUT2D eigenvalue weighted by Gasteiger charge is -2.04. The Morgan fingerprint density at radius 1 is 1.25 bits per heavy atom. The molecule has 0 aliphatic heterocycles. The Morgan fingerprint density at radius 3 is 2.80 bits per heavy atom. The fourth-order valence-corrected chi connectivity index (χ4v) is 2.74. The number of ketones is 1. The molecule has 0 aliphatic rings. The maximum atomic E-state index is 11.5.